The Morgan fingerprint density at radius 2 is 1.60 bits per heavy atom. The first-order valence-electron chi connectivity index (χ1n) is 6.38. The SMILES string of the molecule is O=C1N(Cc2ccccc2)[C@H](c2ccccc2)[C@]1(F)Br. The van der Waals surface area contributed by atoms with Gasteiger partial charge in [0.2, 0.25) is 0 Å². The van der Waals surface area contributed by atoms with Crippen molar-refractivity contribution in [3.8, 4) is 0 Å². The maximum atomic E-state index is 14.4. The maximum absolute atomic E-state index is 14.4. The molecule has 20 heavy (non-hydrogen) atoms. The third-order valence-corrected chi connectivity index (χ3v) is 4.29. The molecule has 0 N–H and O–H groups in total. The minimum atomic E-state index is -2.00. The van der Waals surface area contributed by atoms with E-state index in [2.05, 4.69) is 15.9 Å². The van der Waals surface area contributed by atoms with E-state index in [0.29, 0.717) is 6.54 Å². The summed E-state index contributed by atoms with van der Waals surface area (Å²) < 4.78 is 12.4. The summed E-state index contributed by atoms with van der Waals surface area (Å²) >= 11 is 2.93. The number of hydrogen-bond donors (Lipinski definition) is 0. The first-order valence-corrected chi connectivity index (χ1v) is 7.18. The molecule has 0 spiro atoms. The highest BCUT2D eigenvalue weighted by Gasteiger charge is 2.60. The standard InChI is InChI=1S/C16H13BrFNO/c17-16(18)14(13-9-5-2-6-10-13)19(15(16)20)11-12-7-3-1-4-8-12/h1-10,14H,11H2/t14-,16-/m1/s1. The first kappa shape index (κ1) is 13.3. The monoisotopic (exact) mass is 333 g/mol. The second kappa shape index (κ2) is 5.02. The first-order chi connectivity index (χ1) is 9.60. The van der Waals surface area contributed by atoms with Crippen LogP contribution in [0.15, 0.2) is 60.7 Å². The normalized spacial score (nSPS) is 25.4. The molecule has 3 rings (SSSR count). The van der Waals surface area contributed by atoms with Gasteiger partial charge in [0.25, 0.3) is 10.5 Å². The van der Waals surface area contributed by atoms with Crippen molar-refractivity contribution in [1.82, 2.24) is 4.90 Å². The van der Waals surface area contributed by atoms with Crippen molar-refractivity contribution in [3.63, 3.8) is 0 Å². The zero-order valence-electron chi connectivity index (χ0n) is 10.7. The zero-order valence-corrected chi connectivity index (χ0v) is 12.3. The van der Waals surface area contributed by atoms with Gasteiger partial charge in [-0.3, -0.25) is 4.79 Å². The summed E-state index contributed by atoms with van der Waals surface area (Å²) in [6.07, 6.45) is 0. The number of hydrogen-bond acceptors (Lipinski definition) is 1. The van der Waals surface area contributed by atoms with Crippen molar-refractivity contribution in [2.45, 2.75) is 17.2 Å². The van der Waals surface area contributed by atoms with Crippen LogP contribution in [0.4, 0.5) is 4.39 Å². The third kappa shape index (κ3) is 2.14. The van der Waals surface area contributed by atoms with Gasteiger partial charge in [-0.15, -0.1) is 0 Å². The number of carbonyl (C=O) groups is 1. The minimum absolute atomic E-state index is 0.413. The Kier molecular flexibility index (Phi) is 3.34. The quantitative estimate of drug-likeness (QED) is 0.617. The van der Waals surface area contributed by atoms with Crippen LogP contribution in [-0.4, -0.2) is 15.4 Å². The predicted octanol–water partition coefficient (Wildman–Crippen LogP) is 3.83. The van der Waals surface area contributed by atoms with Gasteiger partial charge in [-0.25, -0.2) is 4.39 Å². The van der Waals surface area contributed by atoms with Gasteiger partial charge < -0.3 is 4.90 Å². The van der Waals surface area contributed by atoms with Crippen LogP contribution in [0.1, 0.15) is 17.2 Å². The molecule has 2 aromatic rings. The number of alkyl halides is 2. The van der Waals surface area contributed by atoms with Gasteiger partial charge in [-0.1, -0.05) is 60.7 Å². The number of halogens is 2. The number of β-lactam (4-membered cyclic amide) rings is 1. The molecule has 1 saturated heterocycles. The van der Waals surface area contributed by atoms with E-state index < -0.39 is 16.5 Å². The van der Waals surface area contributed by atoms with Crippen LogP contribution < -0.4 is 0 Å². The highest BCUT2D eigenvalue weighted by Crippen LogP contribution is 2.50. The molecule has 0 aliphatic carbocycles. The van der Waals surface area contributed by atoms with E-state index in [-0.39, 0.29) is 0 Å². The molecular formula is C16H13BrFNO. The minimum Gasteiger partial charge on any atom is -0.323 e. The number of carbonyl (C=O) groups excluding carboxylic acids is 1. The molecule has 102 valence electrons. The molecule has 2 aromatic carbocycles. The molecule has 1 heterocycles. The fourth-order valence-corrected chi connectivity index (χ4v) is 3.26. The number of likely N-dealkylation sites (tertiary alicyclic amines) is 1. The molecule has 1 amide bonds. The van der Waals surface area contributed by atoms with E-state index in [1.165, 1.54) is 0 Å². The van der Waals surface area contributed by atoms with Crippen molar-refractivity contribution in [2.75, 3.05) is 0 Å². The van der Waals surface area contributed by atoms with Crippen molar-refractivity contribution >= 4 is 21.8 Å². The number of amides is 1. The van der Waals surface area contributed by atoms with Crippen LogP contribution >= 0.6 is 15.9 Å². The van der Waals surface area contributed by atoms with Gasteiger partial charge in [0.15, 0.2) is 0 Å². The summed E-state index contributed by atoms with van der Waals surface area (Å²) in [5.41, 5.74) is 1.78. The van der Waals surface area contributed by atoms with E-state index in [1.54, 1.807) is 4.90 Å². The van der Waals surface area contributed by atoms with Gasteiger partial charge in [0.05, 0.1) is 0 Å². The van der Waals surface area contributed by atoms with E-state index >= 15 is 0 Å². The molecule has 4 heteroatoms. The lowest BCUT2D eigenvalue weighted by atomic mass is 9.91. The van der Waals surface area contributed by atoms with Crippen LogP contribution in [0.3, 0.4) is 0 Å². The van der Waals surface area contributed by atoms with Crippen molar-refractivity contribution in [2.24, 2.45) is 0 Å². The average Bonchev–Trinajstić information content (AvgIpc) is 2.48. The maximum Gasteiger partial charge on any atom is 0.274 e. The number of nitrogens with zero attached hydrogens (tertiary/aromatic N) is 1. The van der Waals surface area contributed by atoms with Gasteiger partial charge in [0, 0.05) is 6.54 Å². The van der Waals surface area contributed by atoms with Crippen molar-refractivity contribution in [3.05, 3.63) is 71.8 Å². The highest BCUT2D eigenvalue weighted by molar-refractivity contribution is 9.10. The third-order valence-electron chi connectivity index (χ3n) is 3.51. The summed E-state index contributed by atoms with van der Waals surface area (Å²) in [5, 5.41) is 0. The molecule has 0 saturated carbocycles. The van der Waals surface area contributed by atoms with Crippen LogP contribution in [0.2, 0.25) is 0 Å². The number of benzene rings is 2. The Hall–Kier alpha value is -1.68. The summed E-state index contributed by atoms with van der Waals surface area (Å²) in [5.74, 6) is -0.518. The smallest absolute Gasteiger partial charge is 0.274 e. The lowest BCUT2D eigenvalue weighted by Gasteiger charge is -2.48. The average molecular weight is 334 g/mol. The molecule has 1 aliphatic heterocycles. The predicted molar refractivity (Wildman–Crippen MR) is 78.9 cm³/mol. The van der Waals surface area contributed by atoms with Crippen molar-refractivity contribution in [1.29, 1.82) is 0 Å². The topological polar surface area (TPSA) is 20.3 Å². The Morgan fingerprint density at radius 1 is 1.05 bits per heavy atom. The molecule has 2 atom stereocenters. The van der Waals surface area contributed by atoms with E-state index in [0.717, 1.165) is 11.1 Å². The molecular weight excluding hydrogens is 321 g/mol. The summed E-state index contributed by atoms with van der Waals surface area (Å²) in [6, 6.07) is 18.3. The van der Waals surface area contributed by atoms with Crippen LogP contribution in [0.25, 0.3) is 0 Å². The Bertz CT molecular complexity index is 615. The molecule has 1 aliphatic rings. The second-order valence-corrected chi connectivity index (χ2v) is 6.01. The van der Waals surface area contributed by atoms with Gasteiger partial charge in [-0.2, -0.15) is 0 Å². The molecule has 2 nitrogen and oxygen atoms in total. The lowest BCUT2D eigenvalue weighted by molar-refractivity contribution is -0.164. The Balaban J connectivity index is 1.88. The van der Waals surface area contributed by atoms with Crippen LogP contribution in [0, 0.1) is 0 Å². The zero-order chi connectivity index (χ0) is 14.2. The Morgan fingerprint density at radius 3 is 2.20 bits per heavy atom. The molecule has 1 fully saturated rings. The summed E-state index contributed by atoms with van der Waals surface area (Å²) in [4.78, 5) is 13.5. The largest absolute Gasteiger partial charge is 0.323 e. The number of rotatable bonds is 3. The van der Waals surface area contributed by atoms with Gasteiger partial charge in [0.1, 0.15) is 6.04 Å². The van der Waals surface area contributed by atoms with E-state index in [1.807, 2.05) is 60.7 Å². The summed E-state index contributed by atoms with van der Waals surface area (Å²) in [6.45, 7) is 0.413. The molecule has 0 radical (unpaired) electrons. The molecule has 0 bridgehead atoms. The summed E-state index contributed by atoms with van der Waals surface area (Å²) in [7, 11) is 0. The lowest BCUT2D eigenvalue weighted by Crippen LogP contribution is -2.62. The van der Waals surface area contributed by atoms with E-state index in [4.69, 9.17) is 0 Å². The van der Waals surface area contributed by atoms with Crippen LogP contribution in [0.5, 0.6) is 0 Å². The van der Waals surface area contributed by atoms with Gasteiger partial charge >= 0.3 is 0 Å². The molecule has 0 unspecified atom stereocenters. The van der Waals surface area contributed by atoms with Gasteiger partial charge in [-0.05, 0) is 27.1 Å². The fraction of sp³-hybridized carbons (Fsp3) is 0.188. The second-order valence-electron chi connectivity index (χ2n) is 4.85. The Labute approximate surface area is 125 Å². The highest BCUT2D eigenvalue weighted by atomic mass is 79.9. The van der Waals surface area contributed by atoms with Crippen LogP contribution in [-0.2, 0) is 11.3 Å². The fourth-order valence-electron chi connectivity index (χ4n) is 2.52. The molecule has 0 aromatic heterocycles. The van der Waals surface area contributed by atoms with E-state index in [9.17, 15) is 9.18 Å². The van der Waals surface area contributed by atoms with Crippen molar-refractivity contribution < 1.29 is 9.18 Å².